The lowest BCUT2D eigenvalue weighted by molar-refractivity contribution is -0.134. The second kappa shape index (κ2) is 8.27. The minimum Gasteiger partial charge on any atom is -0.349 e. The average Bonchev–Trinajstić information content (AvgIpc) is 3.37. The molecule has 0 radical (unpaired) electrons. The van der Waals surface area contributed by atoms with Gasteiger partial charge < -0.3 is 10.2 Å². The van der Waals surface area contributed by atoms with Crippen molar-refractivity contribution in [3.63, 3.8) is 0 Å². The first-order valence-electron chi connectivity index (χ1n) is 9.95. The molecule has 1 N–H and O–H groups in total. The van der Waals surface area contributed by atoms with Gasteiger partial charge in [-0.05, 0) is 49.9 Å². The van der Waals surface area contributed by atoms with E-state index in [-0.39, 0.29) is 36.1 Å². The second-order valence-electron chi connectivity index (χ2n) is 7.79. The van der Waals surface area contributed by atoms with Crippen LogP contribution in [0.15, 0.2) is 42.6 Å². The fourth-order valence-corrected chi connectivity index (χ4v) is 4.13. The molecule has 0 bridgehead atoms. The highest BCUT2D eigenvalue weighted by atomic mass is 19.1. The molecule has 1 saturated heterocycles. The first-order valence-corrected chi connectivity index (χ1v) is 9.95. The highest BCUT2D eigenvalue weighted by Gasteiger charge is 2.36. The SMILES string of the molecule is O=C(N[C@@H]1CC[C@H](C(=O)N2CC[C@@H](F)C2)C1)c1ccc(-c2cccc(F)c2)nc1. The molecule has 152 valence electrons. The van der Waals surface area contributed by atoms with Crippen molar-refractivity contribution < 1.29 is 18.4 Å². The molecule has 5 nitrogen and oxygen atoms in total. The van der Waals surface area contributed by atoms with Crippen LogP contribution in [0.4, 0.5) is 8.78 Å². The maximum atomic E-state index is 13.4. The van der Waals surface area contributed by atoms with Crippen LogP contribution in [0, 0.1) is 11.7 Å². The Morgan fingerprint density at radius 2 is 2.00 bits per heavy atom. The largest absolute Gasteiger partial charge is 0.349 e. The molecule has 2 aromatic rings. The van der Waals surface area contributed by atoms with Gasteiger partial charge in [-0.15, -0.1) is 0 Å². The zero-order chi connectivity index (χ0) is 20.4. The predicted octanol–water partition coefficient (Wildman–Crippen LogP) is 3.36. The van der Waals surface area contributed by atoms with E-state index < -0.39 is 6.17 Å². The zero-order valence-electron chi connectivity index (χ0n) is 16.0. The molecule has 1 saturated carbocycles. The fraction of sp³-hybridized carbons (Fsp3) is 0.409. The highest BCUT2D eigenvalue weighted by molar-refractivity contribution is 5.94. The molecule has 1 aliphatic heterocycles. The molecule has 7 heteroatoms. The lowest BCUT2D eigenvalue weighted by Gasteiger charge is -2.20. The Hall–Kier alpha value is -2.83. The summed E-state index contributed by atoms with van der Waals surface area (Å²) in [5, 5.41) is 2.96. The number of carbonyl (C=O) groups excluding carboxylic acids is 2. The molecule has 4 rings (SSSR count). The minimum absolute atomic E-state index is 0.00279. The van der Waals surface area contributed by atoms with Crippen molar-refractivity contribution in [1.82, 2.24) is 15.2 Å². The topological polar surface area (TPSA) is 62.3 Å². The van der Waals surface area contributed by atoms with E-state index in [9.17, 15) is 18.4 Å². The van der Waals surface area contributed by atoms with Crippen LogP contribution in [0.2, 0.25) is 0 Å². The number of pyridine rings is 1. The minimum atomic E-state index is -0.918. The normalized spacial score (nSPS) is 23.9. The smallest absolute Gasteiger partial charge is 0.253 e. The van der Waals surface area contributed by atoms with Crippen LogP contribution in [0.1, 0.15) is 36.0 Å². The number of nitrogens with one attached hydrogen (secondary N) is 1. The summed E-state index contributed by atoms with van der Waals surface area (Å²) in [7, 11) is 0. The van der Waals surface area contributed by atoms with E-state index >= 15 is 0 Å². The molecule has 3 atom stereocenters. The van der Waals surface area contributed by atoms with E-state index in [1.165, 1.54) is 18.3 Å². The summed E-state index contributed by atoms with van der Waals surface area (Å²) in [6.07, 6.45) is 2.97. The van der Waals surface area contributed by atoms with Crippen molar-refractivity contribution in [2.75, 3.05) is 13.1 Å². The van der Waals surface area contributed by atoms with Crippen molar-refractivity contribution in [1.29, 1.82) is 0 Å². The molecule has 1 aliphatic carbocycles. The van der Waals surface area contributed by atoms with Crippen LogP contribution in [0.3, 0.4) is 0 Å². The number of nitrogens with zero attached hydrogens (tertiary/aromatic N) is 2. The van der Waals surface area contributed by atoms with Crippen molar-refractivity contribution in [3.05, 3.63) is 54.0 Å². The first-order chi connectivity index (χ1) is 14.0. The Balaban J connectivity index is 1.33. The van der Waals surface area contributed by atoms with Gasteiger partial charge >= 0.3 is 0 Å². The Labute approximate surface area is 168 Å². The van der Waals surface area contributed by atoms with Crippen molar-refractivity contribution >= 4 is 11.8 Å². The molecular weight excluding hydrogens is 376 g/mol. The number of aromatic nitrogens is 1. The lowest BCUT2D eigenvalue weighted by atomic mass is 10.1. The second-order valence-corrected chi connectivity index (χ2v) is 7.79. The maximum Gasteiger partial charge on any atom is 0.253 e. The van der Waals surface area contributed by atoms with E-state index in [4.69, 9.17) is 0 Å². The molecule has 0 unspecified atom stereocenters. The van der Waals surface area contributed by atoms with Crippen LogP contribution in [0.5, 0.6) is 0 Å². The quantitative estimate of drug-likeness (QED) is 0.858. The number of hydrogen-bond acceptors (Lipinski definition) is 3. The number of benzene rings is 1. The number of rotatable bonds is 4. The third-order valence-electron chi connectivity index (χ3n) is 5.71. The van der Waals surface area contributed by atoms with Gasteiger partial charge in [0.1, 0.15) is 12.0 Å². The zero-order valence-corrected chi connectivity index (χ0v) is 16.0. The Bertz CT molecular complexity index is 903. The summed E-state index contributed by atoms with van der Waals surface area (Å²) in [5.41, 5.74) is 1.65. The van der Waals surface area contributed by atoms with E-state index in [2.05, 4.69) is 10.3 Å². The van der Waals surface area contributed by atoms with Gasteiger partial charge in [-0.25, -0.2) is 8.78 Å². The van der Waals surface area contributed by atoms with Crippen LogP contribution < -0.4 is 5.32 Å². The summed E-state index contributed by atoms with van der Waals surface area (Å²) in [5.74, 6) is -0.735. The van der Waals surface area contributed by atoms with Gasteiger partial charge in [0.2, 0.25) is 5.91 Å². The Morgan fingerprint density at radius 3 is 2.69 bits per heavy atom. The molecule has 2 heterocycles. The third-order valence-corrected chi connectivity index (χ3v) is 5.71. The summed E-state index contributed by atoms with van der Waals surface area (Å²) < 4.78 is 26.7. The fourth-order valence-electron chi connectivity index (χ4n) is 4.13. The van der Waals surface area contributed by atoms with Gasteiger partial charge in [0.05, 0.1) is 17.8 Å². The molecule has 0 spiro atoms. The number of amides is 2. The third kappa shape index (κ3) is 4.44. The molecule has 1 aromatic heterocycles. The lowest BCUT2D eigenvalue weighted by Crippen LogP contribution is -2.36. The number of hydrogen-bond donors (Lipinski definition) is 1. The number of carbonyl (C=O) groups is 2. The van der Waals surface area contributed by atoms with Crippen LogP contribution in [0.25, 0.3) is 11.3 Å². The first kappa shape index (κ1) is 19.5. The summed E-state index contributed by atoms with van der Waals surface area (Å²) in [6.45, 7) is 0.673. The van der Waals surface area contributed by atoms with Crippen LogP contribution >= 0.6 is 0 Å². The van der Waals surface area contributed by atoms with E-state index in [1.54, 1.807) is 29.2 Å². The van der Waals surface area contributed by atoms with Gasteiger partial charge in [0.15, 0.2) is 0 Å². The van der Waals surface area contributed by atoms with E-state index in [0.29, 0.717) is 42.6 Å². The number of alkyl halides is 1. The standard InChI is InChI=1S/C22H23F2N3O2/c23-17-3-1-2-14(10-17)20-7-5-16(12-25-20)21(28)26-19-6-4-15(11-19)22(29)27-9-8-18(24)13-27/h1-3,5,7,10,12,15,18-19H,4,6,8-9,11,13H2,(H,26,28)/t15-,18+,19+/m0/s1. The van der Waals surface area contributed by atoms with Gasteiger partial charge in [-0.1, -0.05) is 12.1 Å². The Morgan fingerprint density at radius 1 is 1.14 bits per heavy atom. The molecule has 29 heavy (non-hydrogen) atoms. The van der Waals surface area contributed by atoms with Gasteiger partial charge in [-0.3, -0.25) is 14.6 Å². The van der Waals surface area contributed by atoms with Crippen molar-refractivity contribution in [3.8, 4) is 11.3 Å². The molecule has 2 aliphatic rings. The van der Waals surface area contributed by atoms with Crippen LogP contribution in [-0.2, 0) is 4.79 Å². The Kier molecular flexibility index (Phi) is 5.56. The summed E-state index contributed by atoms with van der Waals surface area (Å²) in [6, 6.07) is 9.39. The van der Waals surface area contributed by atoms with Gasteiger partial charge in [0, 0.05) is 30.3 Å². The molecule has 2 fully saturated rings. The monoisotopic (exact) mass is 399 g/mol. The van der Waals surface area contributed by atoms with Gasteiger partial charge in [0.25, 0.3) is 5.91 Å². The van der Waals surface area contributed by atoms with Crippen LogP contribution in [-0.4, -0.2) is 47.0 Å². The maximum absolute atomic E-state index is 13.4. The molecular formula is C22H23F2N3O2. The van der Waals surface area contributed by atoms with Crippen molar-refractivity contribution in [2.45, 2.75) is 37.9 Å². The van der Waals surface area contributed by atoms with E-state index in [0.717, 1.165) is 6.42 Å². The predicted molar refractivity (Wildman–Crippen MR) is 104 cm³/mol. The molecule has 1 aromatic carbocycles. The molecule has 2 amide bonds. The summed E-state index contributed by atoms with van der Waals surface area (Å²) >= 11 is 0. The summed E-state index contributed by atoms with van der Waals surface area (Å²) in [4.78, 5) is 30.9. The number of halogens is 2. The average molecular weight is 399 g/mol. The van der Waals surface area contributed by atoms with E-state index in [1.807, 2.05) is 0 Å². The van der Waals surface area contributed by atoms with Crippen molar-refractivity contribution in [2.24, 2.45) is 5.92 Å². The van der Waals surface area contributed by atoms with Gasteiger partial charge in [-0.2, -0.15) is 0 Å². The number of likely N-dealkylation sites (tertiary alicyclic amines) is 1. The highest BCUT2D eigenvalue weighted by Crippen LogP contribution is 2.29.